The molecule has 4 nitrogen and oxygen atoms in total. The summed E-state index contributed by atoms with van der Waals surface area (Å²) in [4.78, 5) is 2.05. The first-order valence-electron chi connectivity index (χ1n) is 7.60. The van der Waals surface area contributed by atoms with Crippen LogP contribution in [0.3, 0.4) is 0 Å². The second kappa shape index (κ2) is 5.81. The number of benzene rings is 1. The molecule has 0 N–H and O–H groups in total. The smallest absolute Gasteiger partial charge is 0.174 e. The average Bonchev–Trinajstić information content (AvgIpc) is 2.94. The third-order valence-electron chi connectivity index (χ3n) is 4.32. The van der Waals surface area contributed by atoms with E-state index in [9.17, 15) is 4.39 Å². The highest BCUT2D eigenvalue weighted by atomic mass is 19.1. The number of ether oxygens (including phenoxy) is 3. The van der Waals surface area contributed by atoms with E-state index < -0.39 is 5.79 Å². The predicted molar refractivity (Wildman–Crippen MR) is 78.2 cm³/mol. The Kier molecular flexibility index (Phi) is 4.04. The maximum absolute atomic E-state index is 14.1. The van der Waals surface area contributed by atoms with Crippen LogP contribution in [0.5, 0.6) is 5.75 Å². The maximum atomic E-state index is 14.1. The number of hydrogen-bond donors (Lipinski definition) is 0. The summed E-state index contributed by atoms with van der Waals surface area (Å²) in [6.45, 7) is 7.33. The van der Waals surface area contributed by atoms with Gasteiger partial charge in [0.1, 0.15) is 11.6 Å². The Morgan fingerprint density at radius 3 is 2.81 bits per heavy atom. The molecule has 1 aromatic rings. The first-order chi connectivity index (χ1) is 10.1. The molecule has 1 atom stereocenters. The van der Waals surface area contributed by atoms with Crippen LogP contribution in [0.1, 0.15) is 20.3 Å². The topological polar surface area (TPSA) is 30.9 Å². The fraction of sp³-hybridized carbons (Fsp3) is 0.625. The van der Waals surface area contributed by atoms with Crippen LogP contribution in [0, 0.1) is 11.7 Å². The van der Waals surface area contributed by atoms with Crippen molar-refractivity contribution >= 4 is 5.69 Å². The van der Waals surface area contributed by atoms with Crippen molar-refractivity contribution in [2.75, 3.05) is 37.8 Å². The largest absolute Gasteiger partial charge is 0.494 e. The Bertz CT molecular complexity index is 502. The number of anilines is 1. The van der Waals surface area contributed by atoms with Crippen LogP contribution < -0.4 is 9.64 Å². The molecule has 3 rings (SSSR count). The van der Waals surface area contributed by atoms with Crippen molar-refractivity contribution in [1.82, 2.24) is 0 Å². The van der Waals surface area contributed by atoms with E-state index in [0.717, 1.165) is 13.0 Å². The molecule has 2 aliphatic rings. The molecule has 2 saturated heterocycles. The lowest BCUT2D eigenvalue weighted by Gasteiger charge is -2.43. The van der Waals surface area contributed by atoms with Crippen molar-refractivity contribution in [3.05, 3.63) is 24.0 Å². The molecule has 1 spiro atoms. The van der Waals surface area contributed by atoms with Crippen LogP contribution >= 0.6 is 0 Å². The van der Waals surface area contributed by atoms with Crippen LogP contribution in [0.4, 0.5) is 10.1 Å². The minimum atomic E-state index is -0.468. The zero-order valence-electron chi connectivity index (χ0n) is 12.6. The van der Waals surface area contributed by atoms with Crippen molar-refractivity contribution in [3.8, 4) is 5.75 Å². The predicted octanol–water partition coefficient (Wildman–Crippen LogP) is 2.81. The van der Waals surface area contributed by atoms with E-state index in [2.05, 4.69) is 11.8 Å². The molecule has 116 valence electrons. The Morgan fingerprint density at radius 2 is 2.14 bits per heavy atom. The molecule has 0 aromatic heterocycles. The fourth-order valence-corrected chi connectivity index (χ4v) is 3.21. The van der Waals surface area contributed by atoms with E-state index in [1.165, 1.54) is 6.07 Å². The average molecular weight is 295 g/mol. The van der Waals surface area contributed by atoms with E-state index in [1.807, 2.05) is 6.92 Å². The number of hydrogen-bond acceptors (Lipinski definition) is 4. The number of halogens is 1. The molecule has 0 aliphatic carbocycles. The van der Waals surface area contributed by atoms with E-state index in [-0.39, 0.29) is 11.7 Å². The van der Waals surface area contributed by atoms with E-state index in [4.69, 9.17) is 14.2 Å². The molecule has 0 saturated carbocycles. The summed E-state index contributed by atoms with van der Waals surface area (Å²) in [6.07, 6.45) is 0.756. The lowest BCUT2D eigenvalue weighted by atomic mass is 9.92. The Labute approximate surface area is 124 Å². The number of rotatable bonds is 3. The SMILES string of the molecule is CCOc1ccc(F)c(N2CCC3(OCCO3)C(C)C2)c1. The fourth-order valence-electron chi connectivity index (χ4n) is 3.21. The van der Waals surface area contributed by atoms with Crippen LogP contribution in [-0.2, 0) is 9.47 Å². The summed E-state index contributed by atoms with van der Waals surface area (Å²) in [5, 5.41) is 0. The molecule has 2 aliphatic heterocycles. The minimum absolute atomic E-state index is 0.198. The van der Waals surface area contributed by atoms with Gasteiger partial charge in [-0.1, -0.05) is 6.92 Å². The zero-order chi connectivity index (χ0) is 14.9. The van der Waals surface area contributed by atoms with Crippen LogP contribution in [0.2, 0.25) is 0 Å². The van der Waals surface area contributed by atoms with Crippen LogP contribution in [0.25, 0.3) is 0 Å². The van der Waals surface area contributed by atoms with Gasteiger partial charge in [0.25, 0.3) is 0 Å². The van der Waals surface area contributed by atoms with Gasteiger partial charge in [-0.2, -0.15) is 0 Å². The summed E-state index contributed by atoms with van der Waals surface area (Å²) in [6, 6.07) is 4.91. The Morgan fingerprint density at radius 1 is 1.38 bits per heavy atom. The summed E-state index contributed by atoms with van der Waals surface area (Å²) < 4.78 is 31.2. The molecule has 2 fully saturated rings. The van der Waals surface area contributed by atoms with Gasteiger partial charge in [-0.15, -0.1) is 0 Å². The lowest BCUT2D eigenvalue weighted by Crippen LogP contribution is -2.51. The second-order valence-corrected chi connectivity index (χ2v) is 5.65. The van der Waals surface area contributed by atoms with Gasteiger partial charge in [-0.05, 0) is 19.1 Å². The Balaban J connectivity index is 1.77. The summed E-state index contributed by atoms with van der Waals surface area (Å²) in [5.74, 6) is 0.221. The van der Waals surface area contributed by atoms with Gasteiger partial charge < -0.3 is 19.1 Å². The van der Waals surface area contributed by atoms with E-state index >= 15 is 0 Å². The molecule has 1 unspecified atom stereocenters. The van der Waals surface area contributed by atoms with Crippen molar-refractivity contribution in [2.24, 2.45) is 5.92 Å². The van der Waals surface area contributed by atoms with Crippen LogP contribution in [-0.4, -0.2) is 38.7 Å². The van der Waals surface area contributed by atoms with Crippen molar-refractivity contribution < 1.29 is 18.6 Å². The highest BCUT2D eigenvalue weighted by Crippen LogP contribution is 2.38. The van der Waals surface area contributed by atoms with Gasteiger partial charge in [0.05, 0.1) is 25.5 Å². The van der Waals surface area contributed by atoms with Crippen molar-refractivity contribution in [2.45, 2.75) is 26.1 Å². The third-order valence-corrected chi connectivity index (χ3v) is 4.32. The monoisotopic (exact) mass is 295 g/mol. The number of piperidine rings is 1. The zero-order valence-corrected chi connectivity index (χ0v) is 12.6. The van der Waals surface area contributed by atoms with Gasteiger partial charge >= 0.3 is 0 Å². The highest BCUT2D eigenvalue weighted by molar-refractivity contribution is 5.52. The maximum Gasteiger partial charge on any atom is 0.174 e. The summed E-state index contributed by atoms with van der Waals surface area (Å²) in [7, 11) is 0. The van der Waals surface area contributed by atoms with Crippen molar-refractivity contribution in [3.63, 3.8) is 0 Å². The molecule has 1 aromatic carbocycles. The van der Waals surface area contributed by atoms with Crippen molar-refractivity contribution in [1.29, 1.82) is 0 Å². The Hall–Kier alpha value is -1.33. The van der Waals surface area contributed by atoms with E-state index in [0.29, 0.717) is 37.8 Å². The normalized spacial score (nSPS) is 24.5. The summed E-state index contributed by atoms with van der Waals surface area (Å²) in [5.41, 5.74) is 0.598. The molecule has 21 heavy (non-hydrogen) atoms. The highest BCUT2D eigenvalue weighted by Gasteiger charge is 2.45. The number of nitrogens with zero attached hydrogens (tertiary/aromatic N) is 1. The molecular formula is C16H22FNO3. The van der Waals surface area contributed by atoms with Gasteiger partial charge in [0.2, 0.25) is 0 Å². The lowest BCUT2D eigenvalue weighted by molar-refractivity contribution is -0.199. The molecule has 5 heteroatoms. The first kappa shape index (κ1) is 14.6. The summed E-state index contributed by atoms with van der Waals surface area (Å²) >= 11 is 0. The first-order valence-corrected chi connectivity index (χ1v) is 7.60. The van der Waals surface area contributed by atoms with E-state index in [1.54, 1.807) is 12.1 Å². The molecule has 0 amide bonds. The quantitative estimate of drug-likeness (QED) is 0.858. The van der Waals surface area contributed by atoms with Gasteiger partial charge in [-0.25, -0.2) is 4.39 Å². The van der Waals surface area contributed by atoms with Crippen LogP contribution in [0.15, 0.2) is 18.2 Å². The second-order valence-electron chi connectivity index (χ2n) is 5.65. The molecule has 0 bridgehead atoms. The molecular weight excluding hydrogens is 273 g/mol. The molecule has 0 radical (unpaired) electrons. The molecule has 2 heterocycles. The third kappa shape index (κ3) is 2.72. The minimum Gasteiger partial charge on any atom is -0.494 e. The van der Waals surface area contributed by atoms with Gasteiger partial charge in [0.15, 0.2) is 5.79 Å². The standard InChI is InChI=1S/C16H22FNO3/c1-3-19-13-4-5-14(17)15(10-13)18-7-6-16(12(2)11-18)20-8-9-21-16/h4-5,10,12H,3,6-9,11H2,1-2H3. The van der Waals surface area contributed by atoms with Gasteiger partial charge in [0, 0.05) is 31.5 Å². The van der Waals surface area contributed by atoms with Gasteiger partial charge in [-0.3, -0.25) is 0 Å².